The zero-order chi connectivity index (χ0) is 21.0. The molecule has 7 heteroatoms. The molecular formula is C22H24N2O5. The Morgan fingerprint density at radius 3 is 2.10 bits per heavy atom. The van der Waals surface area contributed by atoms with Gasteiger partial charge in [-0.15, -0.1) is 0 Å². The van der Waals surface area contributed by atoms with E-state index in [-0.39, 0.29) is 25.4 Å². The highest BCUT2D eigenvalue weighted by Crippen LogP contribution is 2.44. The van der Waals surface area contributed by atoms with E-state index in [1.54, 1.807) is 14.1 Å². The molecule has 152 valence electrons. The highest BCUT2D eigenvalue weighted by molar-refractivity contribution is 5.92. The van der Waals surface area contributed by atoms with Crippen molar-refractivity contribution in [1.29, 1.82) is 0 Å². The van der Waals surface area contributed by atoms with Crippen LogP contribution in [0.25, 0.3) is 11.1 Å². The highest BCUT2D eigenvalue weighted by atomic mass is 16.5. The third kappa shape index (κ3) is 4.63. The summed E-state index contributed by atoms with van der Waals surface area (Å²) in [6.07, 6.45) is -0.807. The Hall–Kier alpha value is -3.19. The number of carbonyl (C=O) groups excluding carboxylic acids is 2. The summed E-state index contributed by atoms with van der Waals surface area (Å²) in [4.78, 5) is 36.7. The fourth-order valence-corrected chi connectivity index (χ4v) is 3.68. The molecule has 1 aliphatic rings. The number of rotatable bonds is 7. The Labute approximate surface area is 169 Å². The SMILES string of the molecule is CN(C)[C@H](CCC(=O)NC(=O)OCC1c2ccccc2-c2ccccc21)C(=O)O. The minimum Gasteiger partial charge on any atom is -0.480 e. The predicted molar refractivity (Wildman–Crippen MR) is 108 cm³/mol. The van der Waals surface area contributed by atoms with Crippen LogP contribution in [0.3, 0.4) is 0 Å². The van der Waals surface area contributed by atoms with E-state index in [1.807, 2.05) is 48.5 Å². The second-order valence-electron chi connectivity index (χ2n) is 7.23. The molecule has 1 aliphatic carbocycles. The molecule has 0 saturated heterocycles. The van der Waals surface area contributed by atoms with E-state index in [2.05, 4.69) is 5.32 Å². The fraction of sp³-hybridized carbons (Fsp3) is 0.318. The zero-order valence-electron chi connectivity index (χ0n) is 16.4. The molecule has 0 radical (unpaired) electrons. The molecule has 2 aromatic carbocycles. The number of alkyl carbamates (subject to hydrolysis) is 1. The van der Waals surface area contributed by atoms with Crippen LogP contribution in [0.1, 0.15) is 29.9 Å². The molecule has 2 N–H and O–H groups in total. The summed E-state index contributed by atoms with van der Waals surface area (Å²) in [7, 11) is 3.25. The first-order valence-electron chi connectivity index (χ1n) is 9.42. The third-order valence-corrected chi connectivity index (χ3v) is 5.14. The molecule has 29 heavy (non-hydrogen) atoms. The van der Waals surface area contributed by atoms with E-state index < -0.39 is 24.0 Å². The number of nitrogens with zero attached hydrogens (tertiary/aromatic N) is 1. The number of nitrogens with one attached hydrogen (secondary N) is 1. The van der Waals surface area contributed by atoms with Gasteiger partial charge in [0.2, 0.25) is 5.91 Å². The van der Waals surface area contributed by atoms with Crippen molar-refractivity contribution in [2.75, 3.05) is 20.7 Å². The van der Waals surface area contributed by atoms with E-state index in [4.69, 9.17) is 9.84 Å². The standard InChI is InChI=1S/C22H24N2O5/c1-24(2)19(21(26)27)11-12-20(25)23-22(28)29-13-18-16-9-5-3-7-14(16)15-8-4-6-10-17(15)18/h3-10,18-19H,11-13H2,1-2H3,(H,26,27)(H,23,25,28)/t19-/m1/s1. The van der Waals surface area contributed by atoms with Gasteiger partial charge in [0.1, 0.15) is 12.6 Å². The van der Waals surface area contributed by atoms with E-state index in [1.165, 1.54) is 4.90 Å². The lowest BCUT2D eigenvalue weighted by atomic mass is 9.98. The number of aliphatic carboxylic acids is 1. The fourth-order valence-electron chi connectivity index (χ4n) is 3.68. The summed E-state index contributed by atoms with van der Waals surface area (Å²) >= 11 is 0. The van der Waals surface area contributed by atoms with Crippen molar-refractivity contribution < 1.29 is 24.2 Å². The molecule has 0 spiro atoms. The third-order valence-electron chi connectivity index (χ3n) is 5.14. The molecule has 0 heterocycles. The number of hydrogen-bond acceptors (Lipinski definition) is 5. The normalized spacial score (nSPS) is 13.5. The number of likely N-dealkylation sites (N-methyl/N-ethyl adjacent to an activating group) is 1. The summed E-state index contributed by atoms with van der Waals surface area (Å²) in [5.74, 6) is -1.66. The van der Waals surface area contributed by atoms with Crippen molar-refractivity contribution in [2.24, 2.45) is 0 Å². The Kier molecular flexibility index (Phi) is 6.29. The van der Waals surface area contributed by atoms with Gasteiger partial charge in [-0.3, -0.25) is 19.8 Å². The summed E-state index contributed by atoms with van der Waals surface area (Å²) in [6.45, 7) is 0.114. The molecule has 0 bridgehead atoms. The number of carboxylic acid groups (broad SMARTS) is 1. The molecule has 2 amide bonds. The van der Waals surface area contributed by atoms with Gasteiger partial charge in [0.25, 0.3) is 0 Å². The molecule has 0 aliphatic heterocycles. The molecular weight excluding hydrogens is 372 g/mol. The van der Waals surface area contributed by atoms with E-state index in [0.29, 0.717) is 0 Å². The quantitative estimate of drug-likeness (QED) is 0.747. The van der Waals surface area contributed by atoms with Gasteiger partial charge in [0.15, 0.2) is 0 Å². The maximum atomic E-state index is 12.1. The van der Waals surface area contributed by atoms with Gasteiger partial charge >= 0.3 is 12.1 Å². The van der Waals surface area contributed by atoms with E-state index in [9.17, 15) is 14.4 Å². The van der Waals surface area contributed by atoms with Crippen molar-refractivity contribution in [3.63, 3.8) is 0 Å². The average Bonchev–Trinajstić information content (AvgIpc) is 3.00. The summed E-state index contributed by atoms with van der Waals surface area (Å²) in [5.41, 5.74) is 4.42. The van der Waals surface area contributed by atoms with Crippen molar-refractivity contribution in [3.8, 4) is 11.1 Å². The van der Waals surface area contributed by atoms with Crippen LogP contribution in [0, 0.1) is 0 Å². The topological polar surface area (TPSA) is 95.9 Å². The monoisotopic (exact) mass is 396 g/mol. The number of benzene rings is 2. The lowest BCUT2D eigenvalue weighted by molar-refractivity contribution is -0.142. The van der Waals surface area contributed by atoms with E-state index >= 15 is 0 Å². The van der Waals surface area contributed by atoms with E-state index in [0.717, 1.165) is 22.3 Å². The van der Waals surface area contributed by atoms with Crippen molar-refractivity contribution in [3.05, 3.63) is 59.7 Å². The smallest absolute Gasteiger partial charge is 0.413 e. The Balaban J connectivity index is 1.56. The first kappa shape index (κ1) is 20.5. The van der Waals surface area contributed by atoms with Crippen molar-refractivity contribution in [2.45, 2.75) is 24.8 Å². The van der Waals surface area contributed by atoms with Crippen LogP contribution in [0.4, 0.5) is 4.79 Å². The highest BCUT2D eigenvalue weighted by Gasteiger charge is 2.29. The van der Waals surface area contributed by atoms with Gasteiger partial charge in [-0.25, -0.2) is 4.79 Å². The second-order valence-corrected chi connectivity index (χ2v) is 7.23. The molecule has 0 fully saturated rings. The molecule has 7 nitrogen and oxygen atoms in total. The summed E-state index contributed by atoms with van der Waals surface area (Å²) in [6, 6.07) is 15.2. The van der Waals surface area contributed by atoms with Crippen LogP contribution in [0.2, 0.25) is 0 Å². The van der Waals surface area contributed by atoms with Crippen molar-refractivity contribution >= 4 is 18.0 Å². The molecule has 0 aromatic heterocycles. The molecule has 1 atom stereocenters. The number of imide groups is 1. The first-order chi connectivity index (χ1) is 13.9. The van der Waals surface area contributed by atoms with Gasteiger partial charge in [-0.1, -0.05) is 48.5 Å². The van der Waals surface area contributed by atoms with Crippen LogP contribution < -0.4 is 5.32 Å². The first-order valence-corrected chi connectivity index (χ1v) is 9.42. The number of fused-ring (bicyclic) bond motifs is 3. The number of carbonyl (C=O) groups is 3. The van der Waals surface area contributed by atoms with Crippen LogP contribution in [0.5, 0.6) is 0 Å². The minimum atomic E-state index is -1.01. The zero-order valence-corrected chi connectivity index (χ0v) is 16.4. The van der Waals surface area contributed by atoms with Crippen LogP contribution in [-0.4, -0.2) is 54.7 Å². The van der Waals surface area contributed by atoms with Gasteiger partial charge in [0.05, 0.1) is 0 Å². The van der Waals surface area contributed by atoms with Gasteiger partial charge < -0.3 is 9.84 Å². The van der Waals surface area contributed by atoms with Crippen molar-refractivity contribution in [1.82, 2.24) is 10.2 Å². The Morgan fingerprint density at radius 1 is 1.03 bits per heavy atom. The number of ether oxygens (including phenoxy) is 1. The Bertz CT molecular complexity index is 879. The predicted octanol–water partition coefficient (Wildman–Crippen LogP) is 2.85. The van der Waals surface area contributed by atoms with Gasteiger partial charge in [-0.2, -0.15) is 0 Å². The number of carboxylic acids is 1. The largest absolute Gasteiger partial charge is 0.480 e. The lowest BCUT2D eigenvalue weighted by Crippen LogP contribution is -2.38. The summed E-state index contributed by atoms with van der Waals surface area (Å²) < 4.78 is 5.31. The van der Waals surface area contributed by atoms with Crippen LogP contribution in [0.15, 0.2) is 48.5 Å². The number of amides is 2. The van der Waals surface area contributed by atoms with Gasteiger partial charge in [-0.05, 0) is 42.8 Å². The Morgan fingerprint density at radius 2 is 1.59 bits per heavy atom. The van der Waals surface area contributed by atoms with Crippen LogP contribution in [-0.2, 0) is 14.3 Å². The maximum absolute atomic E-state index is 12.1. The molecule has 0 saturated carbocycles. The summed E-state index contributed by atoms with van der Waals surface area (Å²) in [5, 5.41) is 11.3. The minimum absolute atomic E-state index is 0.0840. The van der Waals surface area contributed by atoms with Gasteiger partial charge in [0, 0.05) is 12.3 Å². The average molecular weight is 396 g/mol. The van der Waals surface area contributed by atoms with Crippen LogP contribution >= 0.6 is 0 Å². The second kappa shape index (κ2) is 8.87. The molecule has 3 rings (SSSR count). The molecule has 0 unspecified atom stereocenters. The maximum Gasteiger partial charge on any atom is 0.413 e. The molecule has 2 aromatic rings. The lowest BCUT2D eigenvalue weighted by Gasteiger charge is -2.19. The number of hydrogen-bond donors (Lipinski definition) is 2.